The first-order valence-corrected chi connectivity index (χ1v) is 4.04. The van der Waals surface area contributed by atoms with Crippen molar-refractivity contribution in [3.63, 3.8) is 0 Å². The molecule has 11 heavy (non-hydrogen) atoms. The molecule has 0 amide bonds. The first-order chi connectivity index (χ1) is 5.20. The van der Waals surface area contributed by atoms with Crippen LogP contribution in [0, 0.1) is 16.0 Å². The Labute approximate surface area is 66.1 Å². The molecule has 4 nitrogen and oxygen atoms in total. The van der Waals surface area contributed by atoms with Crippen molar-refractivity contribution in [3.8, 4) is 0 Å². The number of nitro groups is 1. The fraction of sp³-hybridized carbons (Fsp3) is 1.00. The molecule has 1 rings (SSSR count). The second-order valence-corrected chi connectivity index (χ2v) is 3.24. The van der Waals surface area contributed by atoms with Gasteiger partial charge in [0.15, 0.2) is 0 Å². The summed E-state index contributed by atoms with van der Waals surface area (Å²) in [5, 5.41) is 13.2. The Morgan fingerprint density at radius 3 is 2.82 bits per heavy atom. The Morgan fingerprint density at radius 1 is 1.73 bits per heavy atom. The zero-order chi connectivity index (χ0) is 8.27. The molecule has 4 heteroatoms. The van der Waals surface area contributed by atoms with E-state index in [1.165, 1.54) is 12.8 Å². The predicted molar refractivity (Wildman–Crippen MR) is 42.1 cm³/mol. The molecule has 1 saturated carbocycles. The van der Waals surface area contributed by atoms with Gasteiger partial charge in [0.1, 0.15) is 0 Å². The summed E-state index contributed by atoms with van der Waals surface area (Å²) in [5.41, 5.74) is 0. The molecule has 1 N–H and O–H groups in total. The minimum absolute atomic E-state index is 0.250. The zero-order valence-corrected chi connectivity index (χ0v) is 6.75. The maximum atomic E-state index is 10.2. The highest BCUT2D eigenvalue weighted by Crippen LogP contribution is 2.27. The van der Waals surface area contributed by atoms with Crippen molar-refractivity contribution >= 4 is 0 Å². The number of rotatable bonds is 5. The van der Waals surface area contributed by atoms with E-state index in [1.807, 2.05) is 0 Å². The van der Waals surface area contributed by atoms with Crippen LogP contribution in [0.25, 0.3) is 0 Å². The lowest BCUT2D eigenvalue weighted by Gasteiger charge is -2.04. The van der Waals surface area contributed by atoms with Crippen LogP contribution in [0.5, 0.6) is 0 Å². The quantitative estimate of drug-likeness (QED) is 0.472. The van der Waals surface area contributed by atoms with Gasteiger partial charge in [0.25, 0.3) is 0 Å². The van der Waals surface area contributed by atoms with E-state index >= 15 is 0 Å². The first-order valence-electron chi connectivity index (χ1n) is 4.04. The van der Waals surface area contributed by atoms with Crippen LogP contribution in [0.1, 0.15) is 19.8 Å². The van der Waals surface area contributed by atoms with Crippen molar-refractivity contribution in [1.29, 1.82) is 0 Å². The second-order valence-electron chi connectivity index (χ2n) is 3.24. The Balaban J connectivity index is 1.96. The molecule has 0 radical (unpaired) electrons. The van der Waals surface area contributed by atoms with Gasteiger partial charge in [-0.1, -0.05) is 0 Å². The number of nitrogens with one attached hydrogen (secondary N) is 1. The highest BCUT2D eigenvalue weighted by Gasteiger charge is 2.21. The third kappa shape index (κ3) is 3.32. The van der Waals surface area contributed by atoms with E-state index in [1.54, 1.807) is 6.92 Å². The normalized spacial score (nSPS) is 19.7. The third-order valence-electron chi connectivity index (χ3n) is 1.93. The van der Waals surface area contributed by atoms with Gasteiger partial charge in [-0.3, -0.25) is 10.1 Å². The fourth-order valence-electron chi connectivity index (χ4n) is 0.893. The molecule has 64 valence electrons. The summed E-state index contributed by atoms with van der Waals surface area (Å²) < 4.78 is 0. The van der Waals surface area contributed by atoms with Crippen LogP contribution in [0.2, 0.25) is 0 Å². The molecular weight excluding hydrogens is 144 g/mol. The van der Waals surface area contributed by atoms with Gasteiger partial charge in [-0.15, -0.1) is 0 Å². The fourth-order valence-corrected chi connectivity index (χ4v) is 0.893. The van der Waals surface area contributed by atoms with Crippen LogP contribution < -0.4 is 5.32 Å². The molecule has 0 aromatic heterocycles. The van der Waals surface area contributed by atoms with Gasteiger partial charge in [-0.25, -0.2) is 0 Å². The van der Waals surface area contributed by atoms with Gasteiger partial charge >= 0.3 is 0 Å². The summed E-state index contributed by atoms with van der Waals surface area (Å²) in [4.78, 5) is 9.91. The van der Waals surface area contributed by atoms with E-state index < -0.39 is 6.04 Å². The summed E-state index contributed by atoms with van der Waals surface area (Å²) in [5.74, 6) is 0.800. The van der Waals surface area contributed by atoms with E-state index in [0.717, 1.165) is 12.5 Å². The van der Waals surface area contributed by atoms with Crippen molar-refractivity contribution in [3.05, 3.63) is 10.1 Å². The molecule has 0 heterocycles. The molecule has 1 fully saturated rings. The maximum absolute atomic E-state index is 10.2. The minimum Gasteiger partial charge on any atom is -0.310 e. The summed E-state index contributed by atoms with van der Waals surface area (Å²) in [6.07, 6.45) is 2.58. The largest absolute Gasteiger partial charge is 0.310 e. The van der Waals surface area contributed by atoms with E-state index in [2.05, 4.69) is 5.32 Å². The summed E-state index contributed by atoms with van der Waals surface area (Å²) in [7, 11) is 0. The Morgan fingerprint density at radius 2 is 2.36 bits per heavy atom. The van der Waals surface area contributed by atoms with Crippen molar-refractivity contribution in [1.82, 2.24) is 5.32 Å². The molecule has 1 aliphatic rings. The lowest BCUT2D eigenvalue weighted by molar-refractivity contribution is -0.515. The van der Waals surface area contributed by atoms with E-state index in [9.17, 15) is 10.1 Å². The lowest BCUT2D eigenvalue weighted by Crippen LogP contribution is -2.31. The average Bonchev–Trinajstić information content (AvgIpc) is 2.71. The smallest absolute Gasteiger partial charge is 0.222 e. The standard InChI is InChI=1S/C7H14N2O2/c1-6(9(10)11)4-8-5-7-2-3-7/h6-8H,2-5H2,1H3. The molecule has 0 bridgehead atoms. The number of hydrogen-bond donors (Lipinski definition) is 1. The summed E-state index contributed by atoms with van der Waals surface area (Å²) in [6.45, 7) is 3.08. The van der Waals surface area contributed by atoms with E-state index in [-0.39, 0.29) is 4.92 Å². The molecule has 0 spiro atoms. The Bertz CT molecular complexity index is 145. The van der Waals surface area contributed by atoms with Gasteiger partial charge < -0.3 is 5.32 Å². The molecule has 1 unspecified atom stereocenters. The van der Waals surface area contributed by atoms with Gasteiger partial charge in [0.05, 0.1) is 6.54 Å². The van der Waals surface area contributed by atoms with Crippen LogP contribution in [0.3, 0.4) is 0 Å². The minimum atomic E-state index is -0.450. The molecule has 1 atom stereocenters. The van der Waals surface area contributed by atoms with Gasteiger partial charge in [0, 0.05) is 11.8 Å². The first kappa shape index (κ1) is 8.46. The van der Waals surface area contributed by atoms with Crippen molar-refractivity contribution in [2.75, 3.05) is 13.1 Å². The maximum Gasteiger partial charge on any atom is 0.222 e. The highest BCUT2D eigenvalue weighted by molar-refractivity contribution is 4.75. The van der Waals surface area contributed by atoms with E-state index in [0.29, 0.717) is 6.54 Å². The molecule has 0 saturated heterocycles. The monoisotopic (exact) mass is 158 g/mol. The lowest BCUT2D eigenvalue weighted by atomic mass is 10.3. The predicted octanol–water partition coefficient (Wildman–Crippen LogP) is 0.651. The van der Waals surface area contributed by atoms with Crippen LogP contribution in [-0.2, 0) is 0 Å². The number of nitrogens with zero attached hydrogens (tertiary/aromatic N) is 1. The van der Waals surface area contributed by atoms with Crippen molar-refractivity contribution in [2.24, 2.45) is 5.92 Å². The second kappa shape index (κ2) is 3.67. The zero-order valence-electron chi connectivity index (χ0n) is 6.75. The third-order valence-corrected chi connectivity index (χ3v) is 1.93. The van der Waals surface area contributed by atoms with Gasteiger partial charge in [0.2, 0.25) is 6.04 Å². The van der Waals surface area contributed by atoms with Crippen LogP contribution in [-0.4, -0.2) is 24.1 Å². The Kier molecular flexibility index (Phi) is 2.82. The molecule has 1 aliphatic carbocycles. The van der Waals surface area contributed by atoms with Crippen LogP contribution >= 0.6 is 0 Å². The van der Waals surface area contributed by atoms with Crippen LogP contribution in [0.4, 0.5) is 0 Å². The SMILES string of the molecule is CC(CNCC1CC1)[N+](=O)[O-]. The topological polar surface area (TPSA) is 55.2 Å². The summed E-state index contributed by atoms with van der Waals surface area (Å²) in [6, 6.07) is -0.450. The average molecular weight is 158 g/mol. The number of hydrogen-bond acceptors (Lipinski definition) is 3. The van der Waals surface area contributed by atoms with Gasteiger partial charge in [-0.2, -0.15) is 0 Å². The molecular formula is C7H14N2O2. The van der Waals surface area contributed by atoms with Gasteiger partial charge in [-0.05, 0) is 25.3 Å². The van der Waals surface area contributed by atoms with Crippen molar-refractivity contribution < 1.29 is 4.92 Å². The molecule has 0 aromatic rings. The Hall–Kier alpha value is -0.640. The molecule has 0 aliphatic heterocycles. The highest BCUT2D eigenvalue weighted by atomic mass is 16.6. The molecule has 0 aromatic carbocycles. The van der Waals surface area contributed by atoms with Crippen LogP contribution in [0.15, 0.2) is 0 Å². The van der Waals surface area contributed by atoms with Crippen molar-refractivity contribution in [2.45, 2.75) is 25.8 Å². The van der Waals surface area contributed by atoms with E-state index in [4.69, 9.17) is 0 Å². The summed E-state index contributed by atoms with van der Waals surface area (Å²) >= 11 is 0.